The van der Waals surface area contributed by atoms with Gasteiger partial charge in [0.1, 0.15) is 11.5 Å². The lowest BCUT2D eigenvalue weighted by Crippen LogP contribution is -2.22. The normalized spacial score (nSPS) is 10.4. The van der Waals surface area contributed by atoms with E-state index in [0.29, 0.717) is 24.7 Å². The first-order valence-electron chi connectivity index (χ1n) is 10.8. The van der Waals surface area contributed by atoms with Crippen molar-refractivity contribution in [3.63, 3.8) is 0 Å². The fourth-order valence-corrected chi connectivity index (χ4v) is 3.09. The van der Waals surface area contributed by atoms with Crippen molar-refractivity contribution in [1.29, 1.82) is 0 Å². The first-order valence-corrected chi connectivity index (χ1v) is 10.8. The molecule has 0 atom stereocenters. The molecule has 0 aliphatic carbocycles. The maximum atomic E-state index is 12.4. The van der Waals surface area contributed by atoms with Gasteiger partial charge in [-0.1, -0.05) is 55.5 Å². The highest BCUT2D eigenvalue weighted by Crippen LogP contribution is 2.24. The van der Waals surface area contributed by atoms with Crippen molar-refractivity contribution in [2.24, 2.45) is 0 Å². The molecule has 0 aliphatic heterocycles. The van der Waals surface area contributed by atoms with Gasteiger partial charge in [-0.15, -0.1) is 0 Å². The fourth-order valence-electron chi connectivity index (χ4n) is 3.09. The highest BCUT2D eigenvalue weighted by Gasteiger charge is 2.08. The minimum Gasteiger partial charge on any atom is -0.494 e. The Hall–Kier alpha value is -3.47. The third-order valence-electron chi connectivity index (χ3n) is 4.63. The van der Waals surface area contributed by atoms with Crippen LogP contribution < -0.4 is 20.1 Å². The number of benzene rings is 3. The Balaban J connectivity index is 1.46. The molecule has 0 saturated carbocycles. The molecule has 1 amide bonds. The molecule has 0 spiro atoms. The predicted octanol–water partition coefficient (Wildman–Crippen LogP) is 5.54. The molecule has 0 heterocycles. The van der Waals surface area contributed by atoms with E-state index in [-0.39, 0.29) is 12.5 Å². The molecule has 2 N–H and O–H groups in total. The largest absolute Gasteiger partial charge is 0.494 e. The number of hydrogen-bond acceptors (Lipinski definition) is 4. The third kappa shape index (κ3) is 7.70. The monoisotopic (exact) mass is 418 g/mol. The molecule has 0 aliphatic rings. The summed E-state index contributed by atoms with van der Waals surface area (Å²) in [4.78, 5) is 12.4. The van der Waals surface area contributed by atoms with Crippen LogP contribution in [-0.2, 0) is 11.2 Å². The number of carbonyl (C=O) groups excluding carboxylic acids is 1. The van der Waals surface area contributed by atoms with Gasteiger partial charge in [0.15, 0.2) is 0 Å². The van der Waals surface area contributed by atoms with E-state index < -0.39 is 0 Å². The highest BCUT2D eigenvalue weighted by atomic mass is 16.5. The molecule has 0 unspecified atom stereocenters. The highest BCUT2D eigenvalue weighted by molar-refractivity contribution is 5.95. The van der Waals surface area contributed by atoms with Crippen molar-refractivity contribution in [1.82, 2.24) is 0 Å². The summed E-state index contributed by atoms with van der Waals surface area (Å²) in [5.41, 5.74) is 2.81. The maximum absolute atomic E-state index is 12.4. The zero-order valence-electron chi connectivity index (χ0n) is 18.0. The molecule has 0 radical (unpaired) electrons. The molecule has 31 heavy (non-hydrogen) atoms. The average Bonchev–Trinajstić information content (AvgIpc) is 2.81. The van der Waals surface area contributed by atoms with Crippen LogP contribution in [0.5, 0.6) is 11.5 Å². The number of rotatable bonds is 12. The summed E-state index contributed by atoms with van der Waals surface area (Å²) in [6.45, 7) is 3.48. The van der Waals surface area contributed by atoms with E-state index in [1.165, 1.54) is 5.56 Å². The van der Waals surface area contributed by atoms with Gasteiger partial charge in [-0.2, -0.15) is 0 Å². The van der Waals surface area contributed by atoms with E-state index >= 15 is 0 Å². The quantitative estimate of drug-likeness (QED) is 0.379. The van der Waals surface area contributed by atoms with E-state index in [9.17, 15) is 4.79 Å². The first-order chi connectivity index (χ1) is 15.2. The second-order valence-corrected chi connectivity index (χ2v) is 7.21. The number of nitrogens with one attached hydrogen (secondary N) is 2. The summed E-state index contributed by atoms with van der Waals surface area (Å²) in [5.74, 6) is 1.33. The summed E-state index contributed by atoms with van der Waals surface area (Å²) in [6.07, 6.45) is 2.82. The number of carbonyl (C=O) groups is 1. The number of amides is 1. The van der Waals surface area contributed by atoms with Crippen LogP contribution in [0.4, 0.5) is 11.4 Å². The zero-order chi connectivity index (χ0) is 21.7. The Bertz CT molecular complexity index is 944. The Morgan fingerprint density at radius 3 is 2.52 bits per heavy atom. The third-order valence-corrected chi connectivity index (χ3v) is 4.63. The standard InChI is InChI=1S/C26H30N2O3/c1-2-17-30-23-14-8-13-22(19-23)27-20-26(29)28-24-15-6-7-16-25(24)31-18-9-12-21-10-4-3-5-11-21/h3-8,10-11,13-16,19,27H,2,9,12,17-18,20H2,1H3,(H,28,29). The minimum atomic E-state index is -0.139. The van der Waals surface area contributed by atoms with Crippen LogP contribution in [0.1, 0.15) is 25.3 Å². The number of aryl methyl sites for hydroxylation is 1. The van der Waals surface area contributed by atoms with E-state index in [2.05, 4.69) is 29.7 Å². The molecule has 3 aromatic rings. The van der Waals surface area contributed by atoms with E-state index in [0.717, 1.165) is 30.7 Å². The van der Waals surface area contributed by atoms with Crippen molar-refractivity contribution in [2.45, 2.75) is 26.2 Å². The Morgan fingerprint density at radius 1 is 0.871 bits per heavy atom. The van der Waals surface area contributed by atoms with Gasteiger partial charge in [-0.3, -0.25) is 4.79 Å². The average molecular weight is 419 g/mol. The number of hydrogen-bond donors (Lipinski definition) is 2. The molecular weight excluding hydrogens is 388 g/mol. The molecular formula is C26H30N2O3. The van der Waals surface area contributed by atoms with Crippen LogP contribution in [-0.4, -0.2) is 25.7 Å². The second-order valence-electron chi connectivity index (χ2n) is 7.21. The van der Waals surface area contributed by atoms with Crippen LogP contribution in [0.2, 0.25) is 0 Å². The first kappa shape index (κ1) is 22.2. The number of para-hydroxylation sites is 2. The van der Waals surface area contributed by atoms with E-state index in [1.54, 1.807) is 0 Å². The Labute approximate surface area is 184 Å². The molecule has 0 aromatic heterocycles. The number of ether oxygens (including phenoxy) is 2. The van der Waals surface area contributed by atoms with Crippen molar-refractivity contribution >= 4 is 17.3 Å². The maximum Gasteiger partial charge on any atom is 0.243 e. The van der Waals surface area contributed by atoms with Crippen molar-refractivity contribution in [3.05, 3.63) is 84.4 Å². The Morgan fingerprint density at radius 2 is 1.68 bits per heavy atom. The van der Waals surface area contributed by atoms with Crippen LogP contribution in [0.25, 0.3) is 0 Å². The van der Waals surface area contributed by atoms with Crippen molar-refractivity contribution in [2.75, 3.05) is 30.4 Å². The van der Waals surface area contributed by atoms with Gasteiger partial charge in [0, 0.05) is 11.8 Å². The molecule has 0 fully saturated rings. The number of anilines is 2. The predicted molar refractivity (Wildman–Crippen MR) is 126 cm³/mol. The summed E-state index contributed by atoms with van der Waals surface area (Å²) in [6, 6.07) is 25.5. The molecule has 0 saturated heterocycles. The van der Waals surface area contributed by atoms with Gasteiger partial charge in [0.25, 0.3) is 0 Å². The van der Waals surface area contributed by atoms with Gasteiger partial charge in [0.2, 0.25) is 5.91 Å². The fraction of sp³-hybridized carbons (Fsp3) is 0.269. The van der Waals surface area contributed by atoms with Gasteiger partial charge < -0.3 is 20.1 Å². The molecule has 3 rings (SSSR count). The smallest absolute Gasteiger partial charge is 0.243 e. The van der Waals surface area contributed by atoms with Crippen molar-refractivity contribution < 1.29 is 14.3 Å². The second kappa shape index (κ2) is 12.3. The van der Waals surface area contributed by atoms with Gasteiger partial charge in [0.05, 0.1) is 25.4 Å². The lowest BCUT2D eigenvalue weighted by atomic mass is 10.1. The van der Waals surface area contributed by atoms with Gasteiger partial charge in [-0.05, 0) is 49.1 Å². The van der Waals surface area contributed by atoms with Crippen molar-refractivity contribution in [3.8, 4) is 11.5 Å². The van der Waals surface area contributed by atoms with Crippen LogP contribution in [0.15, 0.2) is 78.9 Å². The van der Waals surface area contributed by atoms with Crippen LogP contribution >= 0.6 is 0 Å². The molecule has 0 bridgehead atoms. The topological polar surface area (TPSA) is 59.6 Å². The lowest BCUT2D eigenvalue weighted by molar-refractivity contribution is -0.114. The summed E-state index contributed by atoms with van der Waals surface area (Å²) < 4.78 is 11.6. The van der Waals surface area contributed by atoms with E-state index in [4.69, 9.17) is 9.47 Å². The molecule has 5 nitrogen and oxygen atoms in total. The SMILES string of the molecule is CCCOc1cccc(NCC(=O)Nc2ccccc2OCCCc2ccccc2)c1. The Kier molecular flexibility index (Phi) is 8.80. The molecule has 3 aromatic carbocycles. The van der Waals surface area contributed by atoms with E-state index in [1.807, 2.05) is 66.7 Å². The zero-order valence-corrected chi connectivity index (χ0v) is 18.0. The minimum absolute atomic E-state index is 0.139. The van der Waals surface area contributed by atoms with Gasteiger partial charge in [-0.25, -0.2) is 0 Å². The van der Waals surface area contributed by atoms with Gasteiger partial charge >= 0.3 is 0 Å². The summed E-state index contributed by atoms with van der Waals surface area (Å²) >= 11 is 0. The summed E-state index contributed by atoms with van der Waals surface area (Å²) in [5, 5.41) is 6.07. The molecule has 162 valence electrons. The van der Waals surface area contributed by atoms with Crippen LogP contribution in [0.3, 0.4) is 0 Å². The van der Waals surface area contributed by atoms with Crippen LogP contribution in [0, 0.1) is 0 Å². The molecule has 5 heteroatoms. The summed E-state index contributed by atoms with van der Waals surface area (Å²) in [7, 11) is 0. The lowest BCUT2D eigenvalue weighted by Gasteiger charge is -2.13.